The molecule has 0 amide bonds. The molecule has 2 heterocycles. The molecule has 0 bridgehead atoms. The zero-order chi connectivity index (χ0) is 12.5. The molecule has 1 aliphatic rings. The van der Waals surface area contributed by atoms with E-state index in [1.807, 2.05) is 0 Å². The predicted molar refractivity (Wildman–Crippen MR) is 77.3 cm³/mol. The predicted octanol–water partition coefficient (Wildman–Crippen LogP) is 3.51. The Labute approximate surface area is 109 Å². The van der Waals surface area contributed by atoms with Crippen LogP contribution >= 0.6 is 0 Å². The third-order valence-corrected chi connectivity index (χ3v) is 4.30. The highest BCUT2D eigenvalue weighted by Gasteiger charge is 2.20. The molecule has 1 atom stereocenters. The van der Waals surface area contributed by atoms with E-state index in [9.17, 15) is 0 Å². The molecule has 1 unspecified atom stereocenters. The minimum atomic E-state index is 0.663. The third kappa shape index (κ3) is 1.85. The molecule has 2 aromatic rings. The molecule has 96 valence electrons. The minimum absolute atomic E-state index is 0.663. The number of benzene rings is 1. The second-order valence-electron chi connectivity index (χ2n) is 5.40. The van der Waals surface area contributed by atoms with Gasteiger partial charge in [0.15, 0.2) is 0 Å². The molecule has 0 saturated carbocycles. The first-order valence-corrected chi connectivity index (χ1v) is 7.12. The molecule has 0 aliphatic carbocycles. The van der Waals surface area contributed by atoms with Crippen LogP contribution in [0.3, 0.4) is 0 Å². The van der Waals surface area contributed by atoms with Gasteiger partial charge in [0.05, 0.1) is 0 Å². The molecule has 3 rings (SSSR count). The summed E-state index contributed by atoms with van der Waals surface area (Å²) in [7, 11) is 0. The molecular weight excluding hydrogens is 220 g/mol. The van der Waals surface area contributed by atoms with Gasteiger partial charge in [-0.1, -0.05) is 25.1 Å². The highest BCUT2D eigenvalue weighted by molar-refractivity contribution is 5.87. The van der Waals surface area contributed by atoms with Crippen LogP contribution in [0.4, 0.5) is 0 Å². The Kier molecular flexibility index (Phi) is 3.13. The van der Waals surface area contributed by atoms with Crippen LogP contribution in [0.1, 0.15) is 42.5 Å². The third-order valence-electron chi connectivity index (χ3n) is 4.30. The number of nitrogens with one attached hydrogen (secondary N) is 2. The standard InChI is InChI=1S/C16H22N2/c1-3-12-6-4-8-14-11(2)15(18-16(12)14)13-7-5-9-17-10-13/h4,6,8,13,17-18H,3,5,7,9-10H2,1-2H3. The number of aromatic nitrogens is 1. The fourth-order valence-corrected chi connectivity index (χ4v) is 3.23. The molecule has 2 heteroatoms. The van der Waals surface area contributed by atoms with E-state index in [4.69, 9.17) is 0 Å². The second kappa shape index (κ2) is 4.77. The van der Waals surface area contributed by atoms with Crippen LogP contribution in [-0.2, 0) is 6.42 Å². The molecule has 0 spiro atoms. The van der Waals surface area contributed by atoms with Crippen molar-refractivity contribution in [2.75, 3.05) is 13.1 Å². The molecule has 2 N–H and O–H groups in total. The van der Waals surface area contributed by atoms with E-state index < -0.39 is 0 Å². The van der Waals surface area contributed by atoms with E-state index in [2.05, 4.69) is 42.3 Å². The Balaban J connectivity index is 2.09. The topological polar surface area (TPSA) is 27.8 Å². The summed E-state index contributed by atoms with van der Waals surface area (Å²) in [4.78, 5) is 3.71. The fraction of sp³-hybridized carbons (Fsp3) is 0.500. The van der Waals surface area contributed by atoms with Crippen LogP contribution in [0.25, 0.3) is 10.9 Å². The van der Waals surface area contributed by atoms with Gasteiger partial charge in [-0.3, -0.25) is 0 Å². The summed E-state index contributed by atoms with van der Waals surface area (Å²) in [6.07, 6.45) is 3.70. The number of para-hydroxylation sites is 1. The van der Waals surface area contributed by atoms with E-state index in [-0.39, 0.29) is 0 Å². The van der Waals surface area contributed by atoms with Crippen LogP contribution in [0.2, 0.25) is 0 Å². The first-order valence-electron chi connectivity index (χ1n) is 7.12. The zero-order valence-corrected chi connectivity index (χ0v) is 11.3. The van der Waals surface area contributed by atoms with Crippen LogP contribution in [0, 0.1) is 6.92 Å². The summed E-state index contributed by atoms with van der Waals surface area (Å²) < 4.78 is 0. The molecule has 1 saturated heterocycles. The van der Waals surface area contributed by atoms with Crippen molar-refractivity contribution in [2.24, 2.45) is 0 Å². The summed E-state index contributed by atoms with van der Waals surface area (Å²) in [5.41, 5.74) is 5.70. The summed E-state index contributed by atoms with van der Waals surface area (Å²) in [6, 6.07) is 6.67. The largest absolute Gasteiger partial charge is 0.358 e. The van der Waals surface area contributed by atoms with Gasteiger partial charge in [-0.2, -0.15) is 0 Å². The summed E-state index contributed by atoms with van der Waals surface area (Å²) >= 11 is 0. The van der Waals surface area contributed by atoms with Crippen molar-refractivity contribution >= 4 is 10.9 Å². The highest BCUT2D eigenvalue weighted by Crippen LogP contribution is 2.32. The molecule has 1 fully saturated rings. The minimum Gasteiger partial charge on any atom is -0.358 e. The molecule has 1 aromatic carbocycles. The maximum Gasteiger partial charge on any atom is 0.0491 e. The van der Waals surface area contributed by atoms with E-state index in [0.717, 1.165) is 13.0 Å². The van der Waals surface area contributed by atoms with Gasteiger partial charge in [-0.05, 0) is 43.9 Å². The zero-order valence-electron chi connectivity index (χ0n) is 11.3. The van der Waals surface area contributed by atoms with Crippen molar-refractivity contribution in [1.82, 2.24) is 10.3 Å². The maximum absolute atomic E-state index is 3.71. The van der Waals surface area contributed by atoms with Crippen molar-refractivity contribution < 1.29 is 0 Å². The number of hydrogen-bond acceptors (Lipinski definition) is 1. The lowest BCUT2D eigenvalue weighted by Gasteiger charge is -2.22. The highest BCUT2D eigenvalue weighted by atomic mass is 14.9. The Hall–Kier alpha value is -1.28. The lowest BCUT2D eigenvalue weighted by molar-refractivity contribution is 0.455. The molecule has 18 heavy (non-hydrogen) atoms. The summed E-state index contributed by atoms with van der Waals surface area (Å²) in [5.74, 6) is 0.663. The normalized spacial score (nSPS) is 20.4. The Morgan fingerprint density at radius 1 is 1.33 bits per heavy atom. The number of aryl methyl sites for hydroxylation is 2. The van der Waals surface area contributed by atoms with Crippen LogP contribution in [0.5, 0.6) is 0 Å². The van der Waals surface area contributed by atoms with E-state index in [1.165, 1.54) is 47.1 Å². The Bertz CT molecular complexity index is 547. The van der Waals surface area contributed by atoms with E-state index in [1.54, 1.807) is 0 Å². The molecule has 1 aliphatic heterocycles. The van der Waals surface area contributed by atoms with Crippen LogP contribution in [0.15, 0.2) is 18.2 Å². The van der Waals surface area contributed by atoms with Gasteiger partial charge in [0, 0.05) is 29.1 Å². The van der Waals surface area contributed by atoms with Crippen molar-refractivity contribution in [3.8, 4) is 0 Å². The van der Waals surface area contributed by atoms with Gasteiger partial charge in [0.25, 0.3) is 0 Å². The first kappa shape index (κ1) is 11.8. The van der Waals surface area contributed by atoms with Gasteiger partial charge in [-0.15, -0.1) is 0 Å². The Morgan fingerprint density at radius 2 is 2.22 bits per heavy atom. The number of fused-ring (bicyclic) bond motifs is 1. The fourth-order valence-electron chi connectivity index (χ4n) is 3.23. The first-order chi connectivity index (χ1) is 8.81. The average molecular weight is 242 g/mol. The van der Waals surface area contributed by atoms with Gasteiger partial charge < -0.3 is 10.3 Å². The maximum atomic E-state index is 3.71. The van der Waals surface area contributed by atoms with Crippen molar-refractivity contribution in [3.63, 3.8) is 0 Å². The number of rotatable bonds is 2. The Morgan fingerprint density at radius 3 is 2.94 bits per heavy atom. The van der Waals surface area contributed by atoms with Crippen LogP contribution < -0.4 is 5.32 Å². The second-order valence-corrected chi connectivity index (χ2v) is 5.40. The van der Waals surface area contributed by atoms with E-state index in [0.29, 0.717) is 5.92 Å². The quantitative estimate of drug-likeness (QED) is 0.828. The summed E-state index contributed by atoms with van der Waals surface area (Å²) in [6.45, 7) is 6.79. The van der Waals surface area contributed by atoms with Crippen molar-refractivity contribution in [2.45, 2.75) is 39.0 Å². The van der Waals surface area contributed by atoms with E-state index >= 15 is 0 Å². The lowest BCUT2D eigenvalue weighted by Crippen LogP contribution is -2.28. The van der Waals surface area contributed by atoms with Gasteiger partial charge in [-0.25, -0.2) is 0 Å². The van der Waals surface area contributed by atoms with Crippen LogP contribution in [-0.4, -0.2) is 18.1 Å². The molecule has 0 radical (unpaired) electrons. The van der Waals surface area contributed by atoms with Gasteiger partial charge in [0.1, 0.15) is 0 Å². The molecule has 1 aromatic heterocycles. The number of hydrogen-bond donors (Lipinski definition) is 2. The smallest absolute Gasteiger partial charge is 0.0491 e. The SMILES string of the molecule is CCc1cccc2c(C)c(C3CCCNC3)[nH]c12. The number of piperidine rings is 1. The lowest BCUT2D eigenvalue weighted by atomic mass is 9.93. The number of H-pyrrole nitrogens is 1. The number of aromatic amines is 1. The monoisotopic (exact) mass is 242 g/mol. The average Bonchev–Trinajstić information content (AvgIpc) is 2.77. The molecule has 2 nitrogen and oxygen atoms in total. The van der Waals surface area contributed by atoms with Gasteiger partial charge in [0.2, 0.25) is 0 Å². The van der Waals surface area contributed by atoms with Crippen molar-refractivity contribution in [3.05, 3.63) is 35.0 Å². The van der Waals surface area contributed by atoms with Crippen molar-refractivity contribution in [1.29, 1.82) is 0 Å². The molecular formula is C16H22N2. The summed E-state index contributed by atoms with van der Waals surface area (Å²) in [5, 5.41) is 4.93. The van der Waals surface area contributed by atoms with Gasteiger partial charge >= 0.3 is 0 Å².